The Morgan fingerprint density at radius 3 is 3.00 bits per heavy atom. The van der Waals surface area contributed by atoms with E-state index < -0.39 is 5.82 Å². The Hall–Kier alpha value is -1.09. The lowest BCUT2D eigenvalue weighted by Crippen LogP contribution is -2.08. The predicted octanol–water partition coefficient (Wildman–Crippen LogP) is 1.61. The average molecular weight is 181 g/mol. The molecule has 70 valence electrons. The summed E-state index contributed by atoms with van der Waals surface area (Å²) in [5.74, 6) is -0.493. The second kappa shape index (κ2) is 3.34. The highest BCUT2D eigenvalue weighted by molar-refractivity contribution is 5.32. The maximum absolute atomic E-state index is 13.4. The van der Waals surface area contributed by atoms with Gasteiger partial charge in [0.25, 0.3) is 0 Å². The number of benzene rings is 1. The summed E-state index contributed by atoms with van der Waals surface area (Å²) in [6, 6.07) is 4.81. The minimum atomic E-state index is -0.462. The Labute approximate surface area is 76.4 Å². The van der Waals surface area contributed by atoms with Gasteiger partial charge in [0.2, 0.25) is 0 Å². The topological polar surface area (TPSA) is 32.3 Å². The Morgan fingerprint density at radius 1 is 1.46 bits per heavy atom. The van der Waals surface area contributed by atoms with Crippen molar-refractivity contribution in [3.63, 3.8) is 0 Å². The molecular weight excluding hydrogens is 169 g/mol. The lowest BCUT2D eigenvalue weighted by atomic mass is 9.98. The zero-order valence-corrected chi connectivity index (χ0v) is 7.26. The van der Waals surface area contributed by atoms with Crippen LogP contribution in [-0.2, 0) is 0 Å². The molecule has 2 rings (SSSR count). The van der Waals surface area contributed by atoms with E-state index in [0.717, 1.165) is 19.5 Å². The van der Waals surface area contributed by atoms with Gasteiger partial charge < -0.3 is 10.4 Å². The van der Waals surface area contributed by atoms with Gasteiger partial charge in [-0.2, -0.15) is 0 Å². The van der Waals surface area contributed by atoms with Crippen LogP contribution in [0, 0.1) is 5.82 Å². The fourth-order valence-corrected chi connectivity index (χ4v) is 1.77. The molecule has 1 saturated heterocycles. The van der Waals surface area contributed by atoms with Crippen molar-refractivity contribution >= 4 is 0 Å². The van der Waals surface area contributed by atoms with Gasteiger partial charge in [-0.05, 0) is 24.6 Å². The van der Waals surface area contributed by atoms with Crippen molar-refractivity contribution in [3.8, 4) is 5.75 Å². The molecule has 1 atom stereocenters. The third-order valence-electron chi connectivity index (χ3n) is 2.51. The van der Waals surface area contributed by atoms with Gasteiger partial charge in [0, 0.05) is 12.5 Å². The summed E-state index contributed by atoms with van der Waals surface area (Å²) >= 11 is 0. The Balaban J connectivity index is 2.33. The maximum Gasteiger partial charge on any atom is 0.168 e. The van der Waals surface area contributed by atoms with Crippen molar-refractivity contribution in [1.82, 2.24) is 5.32 Å². The molecule has 0 amide bonds. The van der Waals surface area contributed by atoms with Gasteiger partial charge in [0.15, 0.2) is 11.6 Å². The number of hydrogen-bond acceptors (Lipinski definition) is 2. The summed E-state index contributed by atoms with van der Waals surface area (Å²) in [5, 5.41) is 12.3. The molecule has 2 nitrogen and oxygen atoms in total. The molecule has 1 aliphatic heterocycles. The Kier molecular flexibility index (Phi) is 2.19. The average Bonchev–Trinajstić information content (AvgIpc) is 2.62. The van der Waals surface area contributed by atoms with Crippen LogP contribution in [0.5, 0.6) is 5.75 Å². The van der Waals surface area contributed by atoms with Crippen molar-refractivity contribution < 1.29 is 9.50 Å². The fraction of sp³-hybridized carbons (Fsp3) is 0.400. The van der Waals surface area contributed by atoms with Crippen molar-refractivity contribution in [2.45, 2.75) is 12.3 Å². The molecule has 0 aromatic heterocycles. The first-order valence-corrected chi connectivity index (χ1v) is 4.47. The standard InChI is InChI=1S/C10H12FNO/c11-10-8(2-1-3-9(10)13)7-4-5-12-6-7/h1-3,7,12-13H,4-6H2. The van der Waals surface area contributed by atoms with Gasteiger partial charge in [0.1, 0.15) is 0 Å². The van der Waals surface area contributed by atoms with Crippen LogP contribution in [0.15, 0.2) is 18.2 Å². The summed E-state index contributed by atoms with van der Waals surface area (Å²) in [7, 11) is 0. The minimum absolute atomic E-state index is 0.215. The van der Waals surface area contributed by atoms with E-state index in [9.17, 15) is 4.39 Å². The smallest absolute Gasteiger partial charge is 0.168 e. The van der Waals surface area contributed by atoms with Crippen molar-refractivity contribution in [2.24, 2.45) is 0 Å². The van der Waals surface area contributed by atoms with Gasteiger partial charge >= 0.3 is 0 Å². The first kappa shape index (κ1) is 8.51. The predicted molar refractivity (Wildman–Crippen MR) is 48.3 cm³/mol. The normalized spacial score (nSPS) is 22.1. The number of rotatable bonds is 1. The summed E-state index contributed by atoms with van der Waals surface area (Å²) in [6.07, 6.45) is 0.945. The van der Waals surface area contributed by atoms with Crippen LogP contribution < -0.4 is 5.32 Å². The first-order chi connectivity index (χ1) is 6.29. The third kappa shape index (κ3) is 1.52. The Morgan fingerprint density at radius 2 is 2.31 bits per heavy atom. The molecule has 0 spiro atoms. The molecule has 0 aliphatic carbocycles. The summed E-state index contributed by atoms with van der Waals surface area (Å²) < 4.78 is 13.4. The molecule has 1 aromatic rings. The van der Waals surface area contributed by atoms with E-state index in [2.05, 4.69) is 5.32 Å². The largest absolute Gasteiger partial charge is 0.505 e. The zero-order valence-electron chi connectivity index (χ0n) is 7.26. The van der Waals surface area contributed by atoms with E-state index in [1.165, 1.54) is 6.07 Å². The van der Waals surface area contributed by atoms with Gasteiger partial charge in [-0.3, -0.25) is 0 Å². The quantitative estimate of drug-likeness (QED) is 0.689. The number of halogens is 1. The molecule has 3 heteroatoms. The molecule has 0 saturated carbocycles. The van der Waals surface area contributed by atoms with Crippen LogP contribution in [0.1, 0.15) is 17.9 Å². The molecule has 1 aliphatic rings. The Bertz CT molecular complexity index is 308. The second-order valence-corrected chi connectivity index (χ2v) is 3.37. The van der Waals surface area contributed by atoms with E-state index in [-0.39, 0.29) is 11.7 Å². The van der Waals surface area contributed by atoms with Crippen molar-refractivity contribution in [3.05, 3.63) is 29.6 Å². The molecule has 2 N–H and O–H groups in total. The monoisotopic (exact) mass is 181 g/mol. The van der Waals surface area contributed by atoms with Gasteiger partial charge in [0.05, 0.1) is 0 Å². The van der Waals surface area contributed by atoms with Crippen LogP contribution >= 0.6 is 0 Å². The molecule has 1 heterocycles. The first-order valence-electron chi connectivity index (χ1n) is 4.47. The van der Waals surface area contributed by atoms with Crippen LogP contribution in [0.25, 0.3) is 0 Å². The van der Waals surface area contributed by atoms with Crippen LogP contribution in [0.2, 0.25) is 0 Å². The SMILES string of the molecule is Oc1cccc(C2CCNC2)c1F. The highest BCUT2D eigenvalue weighted by atomic mass is 19.1. The number of phenols is 1. The highest BCUT2D eigenvalue weighted by Gasteiger charge is 2.20. The summed E-state index contributed by atoms with van der Waals surface area (Å²) in [6.45, 7) is 1.74. The molecule has 1 unspecified atom stereocenters. The molecule has 13 heavy (non-hydrogen) atoms. The number of aromatic hydroxyl groups is 1. The molecular formula is C10H12FNO. The number of phenolic OH excluding ortho intramolecular Hbond substituents is 1. The van der Waals surface area contributed by atoms with Crippen LogP contribution in [0.4, 0.5) is 4.39 Å². The lowest BCUT2D eigenvalue weighted by Gasteiger charge is -2.10. The van der Waals surface area contributed by atoms with Crippen molar-refractivity contribution in [2.75, 3.05) is 13.1 Å². The van der Waals surface area contributed by atoms with E-state index in [1.807, 2.05) is 0 Å². The van der Waals surface area contributed by atoms with Gasteiger partial charge in [-0.25, -0.2) is 4.39 Å². The minimum Gasteiger partial charge on any atom is -0.505 e. The molecule has 0 bridgehead atoms. The van der Waals surface area contributed by atoms with Gasteiger partial charge in [-0.15, -0.1) is 0 Å². The second-order valence-electron chi connectivity index (χ2n) is 3.37. The maximum atomic E-state index is 13.4. The summed E-state index contributed by atoms with van der Waals surface area (Å²) in [5.41, 5.74) is 0.630. The van der Waals surface area contributed by atoms with Crippen LogP contribution in [-0.4, -0.2) is 18.2 Å². The van der Waals surface area contributed by atoms with Gasteiger partial charge in [-0.1, -0.05) is 12.1 Å². The number of hydrogen-bond donors (Lipinski definition) is 2. The lowest BCUT2D eigenvalue weighted by molar-refractivity contribution is 0.425. The van der Waals surface area contributed by atoms with E-state index in [4.69, 9.17) is 5.11 Å². The third-order valence-corrected chi connectivity index (χ3v) is 2.51. The fourth-order valence-electron chi connectivity index (χ4n) is 1.77. The molecule has 1 fully saturated rings. The summed E-state index contributed by atoms with van der Waals surface area (Å²) in [4.78, 5) is 0. The number of nitrogens with one attached hydrogen (secondary N) is 1. The zero-order chi connectivity index (χ0) is 9.26. The van der Waals surface area contributed by atoms with E-state index in [0.29, 0.717) is 5.56 Å². The van der Waals surface area contributed by atoms with E-state index in [1.54, 1.807) is 12.1 Å². The van der Waals surface area contributed by atoms with Crippen LogP contribution in [0.3, 0.4) is 0 Å². The molecule has 0 radical (unpaired) electrons. The highest BCUT2D eigenvalue weighted by Crippen LogP contribution is 2.28. The molecule has 1 aromatic carbocycles. The van der Waals surface area contributed by atoms with E-state index >= 15 is 0 Å². The van der Waals surface area contributed by atoms with Crippen molar-refractivity contribution in [1.29, 1.82) is 0 Å².